The van der Waals surface area contributed by atoms with E-state index < -0.39 is 11.0 Å². The van der Waals surface area contributed by atoms with E-state index in [0.717, 1.165) is 32.1 Å². The molecule has 0 radical (unpaired) electrons. The van der Waals surface area contributed by atoms with E-state index in [1.807, 2.05) is 34.6 Å². The Labute approximate surface area is 111 Å². The van der Waals surface area contributed by atoms with Crippen LogP contribution in [0.4, 0.5) is 0 Å². The summed E-state index contributed by atoms with van der Waals surface area (Å²) >= 11 is 0. The van der Waals surface area contributed by atoms with E-state index in [1.165, 1.54) is 0 Å². The van der Waals surface area contributed by atoms with E-state index in [2.05, 4.69) is 0 Å². The lowest BCUT2D eigenvalue weighted by atomic mass is 9.76. The number of hydrogen-bond acceptors (Lipinski definition) is 3. The average molecular weight is 256 g/mol. The van der Waals surface area contributed by atoms with Crippen LogP contribution in [0.5, 0.6) is 0 Å². The molecular weight excluding hydrogens is 228 g/mol. The molecule has 1 rings (SSSR count). The smallest absolute Gasteiger partial charge is 0.311 e. The van der Waals surface area contributed by atoms with Gasteiger partial charge in [0.05, 0.1) is 11.0 Å². The highest BCUT2D eigenvalue weighted by Gasteiger charge is 2.38. The van der Waals surface area contributed by atoms with Crippen molar-refractivity contribution in [3.63, 3.8) is 0 Å². The zero-order chi connectivity index (χ0) is 14.0. The van der Waals surface area contributed by atoms with E-state index in [-0.39, 0.29) is 18.0 Å². The van der Waals surface area contributed by atoms with Gasteiger partial charge in [0.1, 0.15) is 6.10 Å². The summed E-state index contributed by atoms with van der Waals surface area (Å²) in [6.45, 7) is 9.93. The lowest BCUT2D eigenvalue weighted by Gasteiger charge is -2.39. The molecule has 0 spiro atoms. The zero-order valence-corrected chi connectivity index (χ0v) is 12.5. The van der Waals surface area contributed by atoms with Crippen LogP contribution in [-0.4, -0.2) is 22.8 Å². The van der Waals surface area contributed by atoms with Crippen molar-refractivity contribution >= 4 is 5.97 Å². The fourth-order valence-electron chi connectivity index (χ4n) is 2.24. The molecule has 1 fully saturated rings. The summed E-state index contributed by atoms with van der Waals surface area (Å²) in [6, 6.07) is 0. The van der Waals surface area contributed by atoms with Gasteiger partial charge in [0.2, 0.25) is 0 Å². The molecule has 0 heterocycles. The maximum Gasteiger partial charge on any atom is 0.311 e. The number of carbonyl (C=O) groups excluding carboxylic acids is 1. The first kappa shape index (κ1) is 15.5. The molecule has 0 saturated heterocycles. The molecule has 0 aromatic carbocycles. The predicted molar refractivity (Wildman–Crippen MR) is 72.2 cm³/mol. The summed E-state index contributed by atoms with van der Waals surface area (Å²) < 4.78 is 5.57. The molecule has 0 aromatic rings. The number of aliphatic hydroxyl groups is 1. The Kier molecular flexibility index (Phi) is 4.82. The molecular formula is C15H28O3. The standard InChI is InChI=1S/C15H28O3/c1-6-14(4,5)13(16)18-12-7-9-15(17,10-8-12)11(2)3/h11-12,17H,6-10H2,1-5H3. The molecule has 3 nitrogen and oxygen atoms in total. The Morgan fingerprint density at radius 1 is 1.39 bits per heavy atom. The lowest BCUT2D eigenvalue weighted by Crippen LogP contribution is -2.42. The van der Waals surface area contributed by atoms with Gasteiger partial charge in [0.25, 0.3) is 0 Å². The molecule has 0 aliphatic heterocycles. The van der Waals surface area contributed by atoms with Gasteiger partial charge >= 0.3 is 5.97 Å². The Morgan fingerprint density at radius 2 is 1.89 bits per heavy atom. The molecule has 106 valence electrons. The Hall–Kier alpha value is -0.570. The lowest BCUT2D eigenvalue weighted by molar-refractivity contribution is -0.165. The molecule has 0 unspecified atom stereocenters. The third-order valence-electron chi connectivity index (χ3n) is 4.58. The van der Waals surface area contributed by atoms with Crippen LogP contribution in [0.2, 0.25) is 0 Å². The second-order valence-corrected chi connectivity index (χ2v) is 6.60. The topological polar surface area (TPSA) is 46.5 Å². The molecule has 18 heavy (non-hydrogen) atoms. The number of esters is 1. The molecule has 1 aliphatic rings. The number of hydrogen-bond donors (Lipinski definition) is 1. The molecule has 0 bridgehead atoms. The van der Waals surface area contributed by atoms with Gasteiger partial charge in [-0.05, 0) is 51.9 Å². The summed E-state index contributed by atoms with van der Waals surface area (Å²) in [4.78, 5) is 12.0. The Balaban J connectivity index is 2.48. The first-order valence-corrected chi connectivity index (χ1v) is 7.15. The van der Waals surface area contributed by atoms with Crippen LogP contribution in [0.15, 0.2) is 0 Å². The van der Waals surface area contributed by atoms with Crippen LogP contribution in [0, 0.1) is 11.3 Å². The third-order valence-corrected chi connectivity index (χ3v) is 4.58. The largest absolute Gasteiger partial charge is 0.462 e. The van der Waals surface area contributed by atoms with Crippen LogP contribution in [0.3, 0.4) is 0 Å². The Bertz CT molecular complexity index is 286. The van der Waals surface area contributed by atoms with Gasteiger partial charge < -0.3 is 9.84 Å². The van der Waals surface area contributed by atoms with Gasteiger partial charge in [0.15, 0.2) is 0 Å². The molecule has 0 aromatic heterocycles. The average Bonchev–Trinajstić information content (AvgIpc) is 2.32. The minimum Gasteiger partial charge on any atom is -0.462 e. The number of rotatable bonds is 4. The predicted octanol–water partition coefficient (Wildman–Crippen LogP) is 3.30. The van der Waals surface area contributed by atoms with E-state index in [4.69, 9.17) is 4.74 Å². The van der Waals surface area contributed by atoms with E-state index in [0.29, 0.717) is 0 Å². The van der Waals surface area contributed by atoms with Gasteiger partial charge in [-0.15, -0.1) is 0 Å². The molecule has 1 saturated carbocycles. The minimum absolute atomic E-state index is 0.0117. The van der Waals surface area contributed by atoms with Crippen LogP contribution in [0.1, 0.15) is 66.7 Å². The first-order valence-electron chi connectivity index (χ1n) is 7.15. The zero-order valence-electron chi connectivity index (χ0n) is 12.5. The van der Waals surface area contributed by atoms with Crippen LogP contribution in [0.25, 0.3) is 0 Å². The number of carbonyl (C=O) groups is 1. The molecule has 1 N–H and O–H groups in total. The van der Waals surface area contributed by atoms with Gasteiger partial charge in [0, 0.05) is 0 Å². The summed E-state index contributed by atoms with van der Waals surface area (Å²) in [5.74, 6) is 0.159. The SMILES string of the molecule is CCC(C)(C)C(=O)OC1CCC(O)(C(C)C)CC1. The summed E-state index contributed by atoms with van der Waals surface area (Å²) in [6.07, 6.45) is 3.79. The monoisotopic (exact) mass is 256 g/mol. The van der Waals surface area contributed by atoms with Crippen molar-refractivity contribution < 1.29 is 14.6 Å². The maximum atomic E-state index is 12.0. The highest BCUT2D eigenvalue weighted by Crippen LogP contribution is 2.36. The normalized spacial score (nSPS) is 29.4. The maximum absolute atomic E-state index is 12.0. The summed E-state index contributed by atoms with van der Waals surface area (Å²) in [5, 5.41) is 10.4. The second kappa shape index (κ2) is 5.60. The van der Waals surface area contributed by atoms with Gasteiger partial charge in [-0.1, -0.05) is 20.8 Å². The highest BCUT2D eigenvalue weighted by molar-refractivity contribution is 5.75. The fourth-order valence-corrected chi connectivity index (χ4v) is 2.24. The molecule has 0 atom stereocenters. The van der Waals surface area contributed by atoms with Crippen molar-refractivity contribution in [1.29, 1.82) is 0 Å². The Morgan fingerprint density at radius 3 is 2.28 bits per heavy atom. The number of ether oxygens (including phenoxy) is 1. The summed E-state index contributed by atoms with van der Waals surface area (Å²) in [7, 11) is 0. The van der Waals surface area contributed by atoms with Crippen molar-refractivity contribution in [2.75, 3.05) is 0 Å². The highest BCUT2D eigenvalue weighted by atomic mass is 16.5. The minimum atomic E-state index is -0.566. The van der Waals surface area contributed by atoms with Crippen LogP contribution in [-0.2, 0) is 9.53 Å². The van der Waals surface area contributed by atoms with Gasteiger partial charge in [-0.25, -0.2) is 0 Å². The van der Waals surface area contributed by atoms with Gasteiger partial charge in [-0.2, -0.15) is 0 Å². The van der Waals surface area contributed by atoms with E-state index in [9.17, 15) is 9.90 Å². The van der Waals surface area contributed by atoms with Crippen LogP contribution < -0.4 is 0 Å². The fraction of sp³-hybridized carbons (Fsp3) is 0.933. The van der Waals surface area contributed by atoms with Crippen molar-refractivity contribution in [3.05, 3.63) is 0 Å². The quantitative estimate of drug-likeness (QED) is 0.785. The summed E-state index contributed by atoms with van der Waals surface area (Å²) in [5.41, 5.74) is -0.963. The van der Waals surface area contributed by atoms with Crippen molar-refractivity contribution in [2.45, 2.75) is 78.4 Å². The molecule has 3 heteroatoms. The van der Waals surface area contributed by atoms with Crippen molar-refractivity contribution in [1.82, 2.24) is 0 Å². The molecule has 0 amide bonds. The van der Waals surface area contributed by atoms with Crippen molar-refractivity contribution in [2.24, 2.45) is 11.3 Å². The second-order valence-electron chi connectivity index (χ2n) is 6.60. The third kappa shape index (κ3) is 3.47. The first-order chi connectivity index (χ1) is 8.21. The van der Waals surface area contributed by atoms with E-state index in [1.54, 1.807) is 0 Å². The molecule has 1 aliphatic carbocycles. The van der Waals surface area contributed by atoms with Crippen molar-refractivity contribution in [3.8, 4) is 0 Å². The van der Waals surface area contributed by atoms with E-state index >= 15 is 0 Å². The van der Waals surface area contributed by atoms with Crippen LogP contribution >= 0.6 is 0 Å². The van der Waals surface area contributed by atoms with Gasteiger partial charge in [-0.3, -0.25) is 4.79 Å².